The molecule has 0 radical (unpaired) electrons. The monoisotopic (exact) mass is 637 g/mol. The molecule has 0 fully saturated rings. The van der Waals surface area contributed by atoms with Crippen molar-refractivity contribution >= 4 is 16.7 Å². The Balaban J connectivity index is 1.18. The van der Waals surface area contributed by atoms with Gasteiger partial charge in [-0.1, -0.05) is 142 Å². The lowest BCUT2D eigenvalue weighted by Gasteiger charge is -2.21. The third kappa shape index (κ3) is 6.24. The van der Waals surface area contributed by atoms with Gasteiger partial charge in [0.05, 0.1) is 16.8 Å². The van der Waals surface area contributed by atoms with Crippen LogP contribution >= 0.6 is 0 Å². The van der Waals surface area contributed by atoms with Crippen LogP contribution in [-0.2, 0) is 4.74 Å². The van der Waals surface area contributed by atoms with Gasteiger partial charge in [-0.3, -0.25) is 0 Å². The summed E-state index contributed by atoms with van der Waals surface area (Å²) in [6.07, 6.45) is -0.0367. The molecule has 0 amide bonds. The van der Waals surface area contributed by atoms with Gasteiger partial charge in [0, 0.05) is 22.3 Å². The summed E-state index contributed by atoms with van der Waals surface area (Å²) in [5.41, 5.74) is 12.3. The Bertz CT molecular complexity index is 2270. The molecule has 0 saturated carbocycles. The number of quaternary nitrogens is 1. The molecule has 0 bridgehead atoms. The number of nitrogens with zero attached hydrogens (tertiary/aromatic N) is 3. The zero-order valence-electron chi connectivity index (χ0n) is 27.8. The minimum Gasteiger partial charge on any atom is -0.418 e. The molecule has 1 unspecified atom stereocenters. The highest BCUT2D eigenvalue weighted by molar-refractivity contribution is 5.97. The van der Waals surface area contributed by atoms with Crippen LogP contribution in [0.15, 0.2) is 157 Å². The summed E-state index contributed by atoms with van der Waals surface area (Å²) in [6, 6.07) is 52.9. The molecule has 49 heavy (non-hydrogen) atoms. The molecule has 8 rings (SSSR count). The lowest BCUT2D eigenvalue weighted by atomic mass is 9.93. The average Bonchev–Trinajstić information content (AvgIpc) is 3.67. The van der Waals surface area contributed by atoms with Crippen molar-refractivity contribution in [3.05, 3.63) is 157 Å². The molecular formula is C44H37N4O+. The second-order valence-corrected chi connectivity index (χ2v) is 13.6. The van der Waals surface area contributed by atoms with Gasteiger partial charge in [0.15, 0.2) is 5.82 Å². The van der Waals surface area contributed by atoms with Gasteiger partial charge >= 0.3 is 0 Å². The lowest BCUT2D eigenvalue weighted by Crippen LogP contribution is -2.85. The van der Waals surface area contributed by atoms with E-state index in [2.05, 4.69) is 141 Å². The van der Waals surface area contributed by atoms with E-state index in [1.165, 1.54) is 10.8 Å². The van der Waals surface area contributed by atoms with Crippen molar-refractivity contribution in [1.82, 2.24) is 9.97 Å². The molecule has 0 saturated heterocycles. The molecule has 1 aromatic heterocycles. The minimum absolute atomic E-state index is 0.0145. The van der Waals surface area contributed by atoms with Crippen molar-refractivity contribution in [3.8, 4) is 56.2 Å². The molecule has 1 aliphatic rings. The Morgan fingerprint density at radius 2 is 1.08 bits per heavy atom. The van der Waals surface area contributed by atoms with Crippen molar-refractivity contribution in [2.24, 2.45) is 10.5 Å². The van der Waals surface area contributed by atoms with Crippen LogP contribution in [-0.4, -0.2) is 22.1 Å². The molecule has 1 aliphatic heterocycles. The molecule has 0 spiro atoms. The molecule has 1 atom stereocenters. The van der Waals surface area contributed by atoms with E-state index in [0.29, 0.717) is 11.7 Å². The average molecular weight is 638 g/mol. The Morgan fingerprint density at radius 1 is 0.490 bits per heavy atom. The number of ether oxygens (including phenoxy) is 1. The second kappa shape index (κ2) is 12.6. The van der Waals surface area contributed by atoms with Crippen molar-refractivity contribution < 1.29 is 10.2 Å². The number of hydrogen-bond acceptors (Lipinski definition) is 4. The molecule has 5 heteroatoms. The maximum atomic E-state index is 6.24. The molecule has 2 heterocycles. The van der Waals surface area contributed by atoms with Gasteiger partial charge in [0.2, 0.25) is 0 Å². The summed E-state index contributed by atoms with van der Waals surface area (Å²) in [5, 5.41) is 6.98. The van der Waals surface area contributed by atoms with E-state index in [9.17, 15) is 0 Å². The fraction of sp³-hybridized carbons (Fsp3) is 0.114. The summed E-state index contributed by atoms with van der Waals surface area (Å²) in [6.45, 7) is 6.51. The zero-order valence-corrected chi connectivity index (χ0v) is 27.8. The van der Waals surface area contributed by atoms with E-state index in [0.717, 1.165) is 55.9 Å². The highest BCUT2D eigenvalue weighted by Gasteiger charge is 2.36. The van der Waals surface area contributed by atoms with Crippen molar-refractivity contribution in [2.45, 2.75) is 27.0 Å². The zero-order chi connectivity index (χ0) is 33.4. The van der Waals surface area contributed by atoms with E-state index in [4.69, 9.17) is 14.7 Å². The summed E-state index contributed by atoms with van der Waals surface area (Å²) in [7, 11) is 0. The smallest absolute Gasteiger partial charge is 0.278 e. The summed E-state index contributed by atoms with van der Waals surface area (Å²) in [5.74, 6) is 1.38. The first kappa shape index (κ1) is 30.4. The Kier molecular flexibility index (Phi) is 7.83. The van der Waals surface area contributed by atoms with Crippen LogP contribution in [0, 0.1) is 5.41 Å². The number of rotatable bonds is 6. The minimum atomic E-state index is -0.0367. The standard InChI is InChI=1S/C44H36N4O/c1-44(2,3)43-48-47-42(49-43)35-18-12-17-32(25-35)33-23-21-29-22-24-34(27-36(29)26-33)37-19-10-11-20-38(37)40-28-39(30-13-6-4-7-14-30)45-41(46-40)31-15-8-5-9-16-31/h4-28,43,48H,1-3H3/p+1. The first-order chi connectivity index (χ1) is 23.9. The van der Waals surface area contributed by atoms with Crippen LogP contribution in [0.3, 0.4) is 0 Å². The van der Waals surface area contributed by atoms with Gasteiger partial charge in [0.25, 0.3) is 12.1 Å². The highest BCUT2D eigenvalue weighted by atomic mass is 16.5. The van der Waals surface area contributed by atoms with Gasteiger partial charge in [-0.25, -0.2) is 9.97 Å². The van der Waals surface area contributed by atoms with Crippen molar-refractivity contribution in [3.63, 3.8) is 0 Å². The molecule has 6 aromatic carbocycles. The summed E-state index contributed by atoms with van der Waals surface area (Å²) < 4.78 is 6.24. The van der Waals surface area contributed by atoms with Gasteiger partial charge < -0.3 is 4.74 Å². The van der Waals surface area contributed by atoms with Crippen LogP contribution in [0.25, 0.3) is 66.9 Å². The normalized spacial score (nSPS) is 14.4. The third-order valence-corrected chi connectivity index (χ3v) is 9.04. The van der Waals surface area contributed by atoms with Crippen LogP contribution in [0.4, 0.5) is 0 Å². The van der Waals surface area contributed by atoms with Gasteiger partial charge in [-0.05, 0) is 68.5 Å². The predicted molar refractivity (Wildman–Crippen MR) is 200 cm³/mol. The van der Waals surface area contributed by atoms with E-state index < -0.39 is 0 Å². The lowest BCUT2D eigenvalue weighted by molar-refractivity contribution is -0.724. The predicted octanol–water partition coefficient (Wildman–Crippen LogP) is 9.59. The number of hydrogen-bond donors (Lipinski definition) is 1. The Hall–Kier alpha value is -5.91. The van der Waals surface area contributed by atoms with Gasteiger partial charge in [0.1, 0.15) is 0 Å². The van der Waals surface area contributed by atoms with E-state index >= 15 is 0 Å². The number of nitrogens with two attached hydrogens (primary N) is 1. The maximum Gasteiger partial charge on any atom is 0.278 e. The molecule has 7 aromatic rings. The van der Waals surface area contributed by atoms with Gasteiger partial charge in [-0.15, -0.1) is 0 Å². The van der Waals surface area contributed by atoms with Crippen molar-refractivity contribution in [1.29, 1.82) is 0 Å². The highest BCUT2D eigenvalue weighted by Crippen LogP contribution is 2.36. The first-order valence-electron chi connectivity index (χ1n) is 16.7. The molecule has 2 N–H and O–H groups in total. The Labute approximate surface area is 287 Å². The quantitative estimate of drug-likeness (QED) is 0.185. The maximum absolute atomic E-state index is 6.24. The van der Waals surface area contributed by atoms with Crippen LogP contribution in [0.5, 0.6) is 0 Å². The fourth-order valence-electron chi connectivity index (χ4n) is 6.30. The molecule has 0 aliphatic carbocycles. The van der Waals surface area contributed by atoms with E-state index in [1.807, 2.05) is 41.8 Å². The SMILES string of the molecule is CC(C)(C)C1[NH2+]N=C(c2cccc(-c3ccc4ccc(-c5ccccc5-c5cc(-c6ccccc6)nc(-c6ccccc6)n5)cc4c3)c2)O1. The van der Waals surface area contributed by atoms with E-state index in [1.54, 1.807) is 0 Å². The number of benzene rings is 6. The fourth-order valence-corrected chi connectivity index (χ4v) is 6.30. The topological polar surface area (TPSA) is 64.0 Å². The van der Waals surface area contributed by atoms with Gasteiger partial charge in [-0.2, -0.15) is 5.43 Å². The third-order valence-electron chi connectivity index (χ3n) is 9.04. The van der Waals surface area contributed by atoms with Crippen LogP contribution in [0.2, 0.25) is 0 Å². The Morgan fingerprint density at radius 3 is 1.82 bits per heavy atom. The largest absolute Gasteiger partial charge is 0.418 e. The summed E-state index contributed by atoms with van der Waals surface area (Å²) in [4.78, 5) is 10.1. The summed E-state index contributed by atoms with van der Waals surface area (Å²) >= 11 is 0. The van der Waals surface area contributed by atoms with E-state index in [-0.39, 0.29) is 11.6 Å². The molecule has 238 valence electrons. The molecule has 5 nitrogen and oxygen atoms in total. The second-order valence-electron chi connectivity index (χ2n) is 13.6. The van der Waals surface area contributed by atoms with Crippen LogP contribution in [0.1, 0.15) is 26.3 Å². The number of aromatic nitrogens is 2. The van der Waals surface area contributed by atoms with Crippen LogP contribution < -0.4 is 5.43 Å². The molecular weight excluding hydrogens is 601 g/mol. The number of fused-ring (bicyclic) bond motifs is 1. The first-order valence-corrected chi connectivity index (χ1v) is 16.7. The van der Waals surface area contributed by atoms with Crippen molar-refractivity contribution in [2.75, 3.05) is 0 Å².